The van der Waals surface area contributed by atoms with Crippen molar-refractivity contribution in [3.63, 3.8) is 0 Å². The Kier molecular flexibility index (Phi) is 5.01. The molecule has 0 radical (unpaired) electrons. The first-order valence-corrected chi connectivity index (χ1v) is 7.44. The van der Waals surface area contributed by atoms with Gasteiger partial charge in [0.15, 0.2) is 0 Å². The first kappa shape index (κ1) is 14.9. The Morgan fingerprint density at radius 2 is 2.10 bits per heavy atom. The standard InChI is InChI=1S/C16H25N3O/c1-11-5-6-14(8-15(11)18)16(20)19-10-13-4-2-3-12(7-13)9-17/h5-6,8,12-13H,2-4,7,9-10,17-18H2,1H3,(H,19,20). The van der Waals surface area contributed by atoms with E-state index in [1.54, 1.807) is 6.07 Å². The second-order valence-electron chi connectivity index (χ2n) is 5.92. The van der Waals surface area contributed by atoms with Crippen molar-refractivity contribution in [3.05, 3.63) is 29.3 Å². The third kappa shape index (κ3) is 3.73. The van der Waals surface area contributed by atoms with Gasteiger partial charge in [0.25, 0.3) is 5.91 Å². The van der Waals surface area contributed by atoms with Crippen LogP contribution < -0.4 is 16.8 Å². The molecule has 110 valence electrons. The summed E-state index contributed by atoms with van der Waals surface area (Å²) in [5.41, 5.74) is 13.9. The molecule has 1 fully saturated rings. The average molecular weight is 275 g/mol. The number of aryl methyl sites for hydroxylation is 1. The highest BCUT2D eigenvalue weighted by Gasteiger charge is 2.21. The van der Waals surface area contributed by atoms with Gasteiger partial charge in [0.05, 0.1) is 0 Å². The third-order valence-electron chi connectivity index (χ3n) is 4.32. The molecule has 1 aromatic carbocycles. The fourth-order valence-corrected chi connectivity index (χ4v) is 2.92. The van der Waals surface area contributed by atoms with Crippen LogP contribution in [0.2, 0.25) is 0 Å². The zero-order chi connectivity index (χ0) is 14.5. The molecule has 1 aromatic rings. The molecule has 5 N–H and O–H groups in total. The maximum atomic E-state index is 12.1. The minimum Gasteiger partial charge on any atom is -0.398 e. The van der Waals surface area contributed by atoms with Crippen LogP contribution in [0.3, 0.4) is 0 Å². The molecule has 20 heavy (non-hydrogen) atoms. The monoisotopic (exact) mass is 275 g/mol. The second kappa shape index (κ2) is 6.75. The molecule has 4 heteroatoms. The van der Waals surface area contributed by atoms with Crippen molar-refractivity contribution in [2.45, 2.75) is 32.6 Å². The molecule has 1 amide bonds. The Hall–Kier alpha value is -1.55. The lowest BCUT2D eigenvalue weighted by Crippen LogP contribution is -2.33. The summed E-state index contributed by atoms with van der Waals surface area (Å²) in [6.07, 6.45) is 4.77. The molecule has 2 rings (SSSR count). The first-order valence-electron chi connectivity index (χ1n) is 7.44. The topological polar surface area (TPSA) is 81.1 Å². The van der Waals surface area contributed by atoms with Gasteiger partial charge in [-0.15, -0.1) is 0 Å². The van der Waals surface area contributed by atoms with Crippen LogP contribution in [-0.2, 0) is 0 Å². The Balaban J connectivity index is 1.87. The summed E-state index contributed by atoms with van der Waals surface area (Å²) in [6.45, 7) is 3.44. The fraction of sp³-hybridized carbons (Fsp3) is 0.562. The summed E-state index contributed by atoms with van der Waals surface area (Å²) in [6, 6.07) is 5.45. The lowest BCUT2D eigenvalue weighted by atomic mass is 9.81. The van der Waals surface area contributed by atoms with E-state index in [2.05, 4.69) is 5.32 Å². The van der Waals surface area contributed by atoms with E-state index in [0.717, 1.165) is 25.1 Å². The van der Waals surface area contributed by atoms with E-state index in [4.69, 9.17) is 11.5 Å². The van der Waals surface area contributed by atoms with Crippen LogP contribution in [0.4, 0.5) is 5.69 Å². The smallest absolute Gasteiger partial charge is 0.251 e. The predicted octanol–water partition coefficient (Wildman–Crippen LogP) is 2.07. The molecule has 4 nitrogen and oxygen atoms in total. The maximum absolute atomic E-state index is 12.1. The number of carbonyl (C=O) groups is 1. The van der Waals surface area contributed by atoms with Crippen molar-refractivity contribution in [1.82, 2.24) is 5.32 Å². The van der Waals surface area contributed by atoms with E-state index >= 15 is 0 Å². The lowest BCUT2D eigenvalue weighted by Gasteiger charge is -2.28. The lowest BCUT2D eigenvalue weighted by molar-refractivity contribution is 0.0940. The van der Waals surface area contributed by atoms with E-state index in [-0.39, 0.29) is 5.91 Å². The zero-order valence-electron chi connectivity index (χ0n) is 12.2. The second-order valence-corrected chi connectivity index (χ2v) is 5.92. The fourth-order valence-electron chi connectivity index (χ4n) is 2.92. The van der Waals surface area contributed by atoms with Gasteiger partial charge in [0.2, 0.25) is 0 Å². The highest BCUT2D eigenvalue weighted by atomic mass is 16.1. The van der Waals surface area contributed by atoms with E-state index in [9.17, 15) is 4.79 Å². The number of carbonyl (C=O) groups excluding carboxylic acids is 1. The molecule has 0 saturated heterocycles. The molecule has 1 saturated carbocycles. The van der Waals surface area contributed by atoms with Crippen molar-refractivity contribution in [3.8, 4) is 0 Å². The molecule has 0 spiro atoms. The minimum absolute atomic E-state index is 0.0356. The molecule has 2 atom stereocenters. The van der Waals surface area contributed by atoms with Crippen molar-refractivity contribution in [1.29, 1.82) is 0 Å². The molecular weight excluding hydrogens is 250 g/mol. The number of hydrogen-bond donors (Lipinski definition) is 3. The van der Waals surface area contributed by atoms with Crippen molar-refractivity contribution in [2.75, 3.05) is 18.8 Å². The number of hydrogen-bond acceptors (Lipinski definition) is 3. The van der Waals surface area contributed by atoms with Crippen LogP contribution in [0.5, 0.6) is 0 Å². The van der Waals surface area contributed by atoms with Crippen molar-refractivity contribution >= 4 is 11.6 Å². The number of anilines is 1. The van der Waals surface area contributed by atoms with Gasteiger partial charge in [-0.2, -0.15) is 0 Å². The van der Waals surface area contributed by atoms with E-state index < -0.39 is 0 Å². The molecule has 1 aliphatic rings. The number of nitrogens with one attached hydrogen (secondary N) is 1. The zero-order valence-corrected chi connectivity index (χ0v) is 12.2. The van der Waals surface area contributed by atoms with Gasteiger partial charge < -0.3 is 16.8 Å². The highest BCUT2D eigenvalue weighted by Crippen LogP contribution is 2.27. The van der Waals surface area contributed by atoms with Gasteiger partial charge >= 0.3 is 0 Å². The van der Waals surface area contributed by atoms with Gasteiger partial charge in [0.1, 0.15) is 0 Å². The number of nitrogens with two attached hydrogens (primary N) is 2. The molecule has 0 aromatic heterocycles. The van der Waals surface area contributed by atoms with Crippen molar-refractivity contribution < 1.29 is 4.79 Å². The Morgan fingerprint density at radius 3 is 2.80 bits per heavy atom. The number of amides is 1. The maximum Gasteiger partial charge on any atom is 0.251 e. The first-order chi connectivity index (χ1) is 9.60. The average Bonchev–Trinajstić information content (AvgIpc) is 2.47. The van der Waals surface area contributed by atoms with Gasteiger partial charge in [-0.05, 0) is 62.3 Å². The summed E-state index contributed by atoms with van der Waals surface area (Å²) in [7, 11) is 0. The van der Waals surface area contributed by atoms with Crippen LogP contribution in [0.1, 0.15) is 41.6 Å². The summed E-state index contributed by atoms with van der Waals surface area (Å²) in [5, 5.41) is 3.02. The summed E-state index contributed by atoms with van der Waals surface area (Å²) in [4.78, 5) is 12.1. The Labute approximate surface area is 120 Å². The quantitative estimate of drug-likeness (QED) is 0.736. The van der Waals surface area contributed by atoms with E-state index in [1.165, 1.54) is 19.3 Å². The summed E-state index contributed by atoms with van der Waals surface area (Å²) >= 11 is 0. The van der Waals surface area contributed by atoms with Crippen LogP contribution >= 0.6 is 0 Å². The molecule has 0 heterocycles. The number of nitrogen functional groups attached to an aromatic ring is 1. The minimum atomic E-state index is -0.0356. The van der Waals surface area contributed by atoms with Crippen molar-refractivity contribution in [2.24, 2.45) is 17.6 Å². The number of rotatable bonds is 4. The highest BCUT2D eigenvalue weighted by molar-refractivity contribution is 5.95. The van der Waals surface area contributed by atoms with Crippen LogP contribution in [0.15, 0.2) is 18.2 Å². The Bertz CT molecular complexity index is 473. The van der Waals surface area contributed by atoms with Crippen LogP contribution in [0.25, 0.3) is 0 Å². The van der Waals surface area contributed by atoms with Gasteiger partial charge in [-0.25, -0.2) is 0 Å². The molecule has 1 aliphatic carbocycles. The Morgan fingerprint density at radius 1 is 1.35 bits per heavy atom. The SMILES string of the molecule is Cc1ccc(C(=O)NCC2CCCC(CN)C2)cc1N. The predicted molar refractivity (Wildman–Crippen MR) is 82.4 cm³/mol. The summed E-state index contributed by atoms with van der Waals surface area (Å²) in [5.74, 6) is 1.15. The summed E-state index contributed by atoms with van der Waals surface area (Å²) < 4.78 is 0. The van der Waals surface area contributed by atoms with E-state index in [1.807, 2.05) is 19.1 Å². The van der Waals surface area contributed by atoms with Crippen LogP contribution in [0, 0.1) is 18.8 Å². The third-order valence-corrected chi connectivity index (χ3v) is 4.32. The molecular formula is C16H25N3O. The van der Waals surface area contributed by atoms with Gasteiger partial charge in [-0.3, -0.25) is 4.79 Å². The largest absolute Gasteiger partial charge is 0.398 e. The molecule has 2 unspecified atom stereocenters. The molecule has 0 bridgehead atoms. The van der Waals surface area contributed by atoms with Gasteiger partial charge in [-0.1, -0.05) is 12.5 Å². The van der Waals surface area contributed by atoms with Crippen LogP contribution in [-0.4, -0.2) is 19.0 Å². The van der Waals surface area contributed by atoms with E-state index in [0.29, 0.717) is 23.1 Å². The number of benzene rings is 1. The normalized spacial score (nSPS) is 22.5. The molecule has 0 aliphatic heterocycles. The van der Waals surface area contributed by atoms with Gasteiger partial charge in [0, 0.05) is 17.8 Å².